The molecular weight excluding hydrogens is 246 g/mol. The molecule has 0 aliphatic carbocycles. The third-order valence-corrected chi connectivity index (χ3v) is 3.14. The summed E-state index contributed by atoms with van der Waals surface area (Å²) in [6.45, 7) is 3.66. The van der Waals surface area contributed by atoms with Crippen molar-refractivity contribution in [3.63, 3.8) is 0 Å². The van der Waals surface area contributed by atoms with Gasteiger partial charge in [0.25, 0.3) is 0 Å². The number of benzene rings is 1. The van der Waals surface area contributed by atoms with Crippen LogP contribution in [0, 0.1) is 0 Å². The minimum Gasteiger partial charge on any atom is -0.365 e. The van der Waals surface area contributed by atoms with E-state index in [9.17, 15) is 4.79 Å². The Balaban J connectivity index is 2.00. The Morgan fingerprint density at radius 1 is 1.33 bits per heavy atom. The van der Waals surface area contributed by atoms with E-state index in [0.29, 0.717) is 11.2 Å². The zero-order chi connectivity index (χ0) is 13.1. The number of hydrogen-bond acceptors (Lipinski definition) is 3. The zero-order valence-electron chi connectivity index (χ0n) is 10.5. The van der Waals surface area contributed by atoms with Crippen LogP contribution in [-0.4, -0.2) is 23.1 Å². The highest BCUT2D eigenvalue weighted by Crippen LogP contribution is 2.13. The number of hydrogen-bond donors (Lipinski definition) is 3. The Morgan fingerprint density at radius 3 is 2.56 bits per heavy atom. The van der Waals surface area contributed by atoms with E-state index in [1.807, 2.05) is 24.3 Å². The Kier molecular flexibility index (Phi) is 3.81. The van der Waals surface area contributed by atoms with Gasteiger partial charge in [-0.15, -0.1) is 0 Å². The molecule has 0 spiro atoms. The standard InChI is InChI=1S/C13H17N3OS/c1-8-7-12(16-13(18)14-8)15-11-5-3-10(4-6-11)9(2)17/h3-6,8,12,15H,7H2,1-2H3,(H2,14,16,18). The van der Waals surface area contributed by atoms with E-state index in [-0.39, 0.29) is 11.9 Å². The molecule has 1 aromatic rings. The molecule has 1 aliphatic rings. The van der Waals surface area contributed by atoms with Gasteiger partial charge in [-0.3, -0.25) is 4.79 Å². The normalized spacial score (nSPS) is 22.9. The molecule has 2 unspecified atom stereocenters. The van der Waals surface area contributed by atoms with Gasteiger partial charge in [0.15, 0.2) is 10.9 Å². The molecule has 0 bridgehead atoms. The molecule has 0 amide bonds. The van der Waals surface area contributed by atoms with Crippen molar-refractivity contribution in [2.24, 2.45) is 0 Å². The summed E-state index contributed by atoms with van der Waals surface area (Å²) in [7, 11) is 0. The molecule has 1 saturated heterocycles. The predicted molar refractivity (Wildman–Crippen MR) is 76.8 cm³/mol. The molecule has 0 saturated carbocycles. The average Bonchev–Trinajstić information content (AvgIpc) is 2.28. The van der Waals surface area contributed by atoms with Crippen molar-refractivity contribution >= 4 is 28.8 Å². The molecular formula is C13H17N3OS. The third-order valence-electron chi connectivity index (χ3n) is 2.90. The summed E-state index contributed by atoms with van der Waals surface area (Å²) >= 11 is 5.12. The first-order valence-electron chi connectivity index (χ1n) is 5.99. The number of anilines is 1. The fourth-order valence-electron chi connectivity index (χ4n) is 1.99. The van der Waals surface area contributed by atoms with Crippen molar-refractivity contribution in [3.05, 3.63) is 29.8 Å². The number of carbonyl (C=O) groups excluding carboxylic acids is 1. The van der Waals surface area contributed by atoms with E-state index in [1.165, 1.54) is 0 Å². The van der Waals surface area contributed by atoms with Gasteiger partial charge in [-0.2, -0.15) is 0 Å². The Labute approximate surface area is 112 Å². The highest BCUT2D eigenvalue weighted by molar-refractivity contribution is 7.80. The minimum absolute atomic E-state index is 0.0799. The van der Waals surface area contributed by atoms with Gasteiger partial charge >= 0.3 is 0 Å². The molecule has 18 heavy (non-hydrogen) atoms. The summed E-state index contributed by atoms with van der Waals surface area (Å²) in [5.41, 5.74) is 1.71. The van der Waals surface area contributed by atoms with Crippen molar-refractivity contribution < 1.29 is 4.79 Å². The molecule has 1 aliphatic heterocycles. The van der Waals surface area contributed by atoms with E-state index in [0.717, 1.165) is 17.7 Å². The van der Waals surface area contributed by atoms with Crippen molar-refractivity contribution in [1.82, 2.24) is 10.6 Å². The van der Waals surface area contributed by atoms with Crippen molar-refractivity contribution in [3.8, 4) is 0 Å². The van der Waals surface area contributed by atoms with Crippen LogP contribution in [0.25, 0.3) is 0 Å². The maximum atomic E-state index is 11.2. The lowest BCUT2D eigenvalue weighted by Gasteiger charge is -2.32. The monoisotopic (exact) mass is 263 g/mol. The molecule has 0 radical (unpaired) electrons. The highest BCUT2D eigenvalue weighted by atomic mass is 32.1. The van der Waals surface area contributed by atoms with Gasteiger partial charge in [0.05, 0.1) is 0 Å². The first-order valence-corrected chi connectivity index (χ1v) is 6.40. The number of carbonyl (C=O) groups is 1. The molecule has 2 atom stereocenters. The third kappa shape index (κ3) is 3.20. The molecule has 3 N–H and O–H groups in total. The molecule has 1 heterocycles. The first kappa shape index (κ1) is 12.8. The smallest absolute Gasteiger partial charge is 0.168 e. The summed E-state index contributed by atoms with van der Waals surface area (Å²) in [5, 5.41) is 10.4. The number of Topliss-reactive ketones (excluding diaryl/α,β-unsaturated/α-hetero) is 1. The largest absolute Gasteiger partial charge is 0.365 e. The van der Waals surface area contributed by atoms with Crippen LogP contribution in [0.15, 0.2) is 24.3 Å². The lowest BCUT2D eigenvalue weighted by atomic mass is 10.1. The van der Waals surface area contributed by atoms with E-state index >= 15 is 0 Å². The van der Waals surface area contributed by atoms with Crippen LogP contribution < -0.4 is 16.0 Å². The topological polar surface area (TPSA) is 53.2 Å². The van der Waals surface area contributed by atoms with Crippen LogP contribution in [0.2, 0.25) is 0 Å². The van der Waals surface area contributed by atoms with Crippen molar-refractivity contribution in [2.45, 2.75) is 32.5 Å². The fraction of sp³-hybridized carbons (Fsp3) is 0.385. The maximum absolute atomic E-state index is 11.2. The number of ketones is 1. The van der Waals surface area contributed by atoms with Crippen molar-refractivity contribution in [2.75, 3.05) is 5.32 Å². The van der Waals surface area contributed by atoms with E-state index in [2.05, 4.69) is 22.9 Å². The van der Waals surface area contributed by atoms with Gasteiger partial charge in [-0.1, -0.05) is 0 Å². The Morgan fingerprint density at radius 2 is 2.00 bits per heavy atom. The van der Waals surface area contributed by atoms with Gasteiger partial charge in [0.1, 0.15) is 6.17 Å². The Bertz CT molecular complexity index is 458. The van der Waals surface area contributed by atoms with E-state index in [4.69, 9.17) is 12.2 Å². The maximum Gasteiger partial charge on any atom is 0.168 e. The molecule has 1 aromatic carbocycles. The quantitative estimate of drug-likeness (QED) is 0.574. The van der Waals surface area contributed by atoms with Crippen molar-refractivity contribution in [1.29, 1.82) is 0 Å². The number of rotatable bonds is 3. The molecule has 1 fully saturated rings. The predicted octanol–water partition coefficient (Wildman–Crippen LogP) is 1.88. The van der Waals surface area contributed by atoms with Crippen LogP contribution in [0.4, 0.5) is 5.69 Å². The summed E-state index contributed by atoms with van der Waals surface area (Å²) < 4.78 is 0. The Hall–Kier alpha value is -1.62. The molecule has 96 valence electrons. The van der Waals surface area contributed by atoms with Gasteiger partial charge in [0, 0.05) is 23.7 Å². The van der Waals surface area contributed by atoms with Crippen LogP contribution >= 0.6 is 12.2 Å². The number of thiocarbonyl (C=S) groups is 1. The molecule has 0 aromatic heterocycles. The summed E-state index contributed by atoms with van der Waals surface area (Å²) in [4.78, 5) is 11.2. The second-order valence-corrected chi connectivity index (χ2v) is 4.99. The first-order chi connectivity index (χ1) is 8.54. The zero-order valence-corrected chi connectivity index (χ0v) is 11.3. The number of nitrogens with one attached hydrogen (secondary N) is 3. The van der Waals surface area contributed by atoms with Gasteiger partial charge < -0.3 is 16.0 Å². The minimum atomic E-state index is 0.0799. The van der Waals surface area contributed by atoms with Gasteiger partial charge in [-0.05, 0) is 50.3 Å². The van der Waals surface area contributed by atoms with Gasteiger partial charge in [0.2, 0.25) is 0 Å². The summed E-state index contributed by atoms with van der Waals surface area (Å²) in [5.74, 6) is 0.0799. The van der Waals surface area contributed by atoms with Crippen LogP contribution in [-0.2, 0) is 0 Å². The molecule has 4 nitrogen and oxygen atoms in total. The molecule has 2 rings (SSSR count). The lowest BCUT2D eigenvalue weighted by molar-refractivity contribution is 0.101. The lowest BCUT2D eigenvalue weighted by Crippen LogP contribution is -2.55. The summed E-state index contributed by atoms with van der Waals surface area (Å²) in [6, 6.07) is 7.83. The van der Waals surface area contributed by atoms with E-state index < -0.39 is 0 Å². The van der Waals surface area contributed by atoms with Crippen LogP contribution in [0.5, 0.6) is 0 Å². The molecule has 5 heteroatoms. The SMILES string of the molecule is CC(=O)c1ccc(NC2CC(C)NC(=S)N2)cc1. The average molecular weight is 263 g/mol. The van der Waals surface area contributed by atoms with Gasteiger partial charge in [-0.25, -0.2) is 0 Å². The summed E-state index contributed by atoms with van der Waals surface area (Å²) in [6.07, 6.45) is 1.06. The highest BCUT2D eigenvalue weighted by Gasteiger charge is 2.20. The van der Waals surface area contributed by atoms with Crippen LogP contribution in [0.1, 0.15) is 30.6 Å². The van der Waals surface area contributed by atoms with E-state index in [1.54, 1.807) is 6.92 Å². The second kappa shape index (κ2) is 5.35. The van der Waals surface area contributed by atoms with Crippen LogP contribution in [0.3, 0.4) is 0 Å². The second-order valence-electron chi connectivity index (χ2n) is 4.59. The fourth-order valence-corrected chi connectivity index (χ4v) is 2.34.